The summed E-state index contributed by atoms with van der Waals surface area (Å²) in [5, 5.41) is 15.0. The normalized spacial score (nSPS) is 10.6. The average Bonchev–Trinajstić information content (AvgIpc) is 3.38. The van der Waals surface area contributed by atoms with E-state index in [1.54, 1.807) is 56.7 Å². The van der Waals surface area contributed by atoms with Gasteiger partial charge in [0.2, 0.25) is 5.91 Å². The fourth-order valence-corrected chi connectivity index (χ4v) is 4.71. The van der Waals surface area contributed by atoms with Gasteiger partial charge in [-0.2, -0.15) is 0 Å². The molecule has 2 amide bonds. The molecule has 208 valence electrons. The molecule has 3 aromatic carbocycles. The van der Waals surface area contributed by atoms with Crippen LogP contribution in [-0.4, -0.2) is 53.7 Å². The third kappa shape index (κ3) is 6.55. The predicted octanol–water partition coefficient (Wildman–Crippen LogP) is 4.57. The highest BCUT2D eigenvalue weighted by atomic mass is 32.2. The number of nitrogens with zero attached hydrogens (tertiary/aromatic N) is 3. The van der Waals surface area contributed by atoms with Crippen molar-refractivity contribution >= 4 is 29.3 Å². The van der Waals surface area contributed by atoms with Crippen LogP contribution in [0.25, 0.3) is 5.69 Å². The van der Waals surface area contributed by atoms with Crippen molar-refractivity contribution in [1.82, 2.24) is 20.1 Å². The number of ether oxygens (including phenoxy) is 3. The van der Waals surface area contributed by atoms with Gasteiger partial charge in [-0.15, -0.1) is 10.2 Å². The number of amides is 2. The van der Waals surface area contributed by atoms with Crippen molar-refractivity contribution in [3.63, 3.8) is 0 Å². The molecule has 0 spiro atoms. The monoisotopic (exact) mass is 561 g/mol. The van der Waals surface area contributed by atoms with Crippen LogP contribution in [0.4, 0.5) is 5.69 Å². The summed E-state index contributed by atoms with van der Waals surface area (Å²) in [6.45, 7) is 4.18. The molecule has 0 radical (unpaired) electrons. The molecule has 0 aliphatic carbocycles. The number of aryl methyl sites for hydroxylation is 1. The van der Waals surface area contributed by atoms with Crippen LogP contribution in [0, 0.1) is 13.8 Å². The number of carbonyl (C=O) groups is 2. The minimum atomic E-state index is -0.250. The molecule has 2 N–H and O–H groups in total. The van der Waals surface area contributed by atoms with E-state index in [2.05, 4.69) is 20.8 Å². The lowest BCUT2D eigenvalue weighted by molar-refractivity contribution is -0.113. The third-order valence-electron chi connectivity index (χ3n) is 6.29. The molecule has 1 aromatic heterocycles. The molecule has 4 aromatic rings. The van der Waals surface area contributed by atoms with Gasteiger partial charge in [-0.3, -0.25) is 14.2 Å². The summed E-state index contributed by atoms with van der Waals surface area (Å²) in [7, 11) is 4.67. The number of aromatic nitrogens is 3. The number of rotatable bonds is 11. The Morgan fingerprint density at radius 2 is 1.62 bits per heavy atom. The summed E-state index contributed by atoms with van der Waals surface area (Å²) in [5.41, 5.74) is 4.04. The highest BCUT2D eigenvalue weighted by Crippen LogP contribution is 2.30. The van der Waals surface area contributed by atoms with Crippen molar-refractivity contribution in [2.45, 2.75) is 25.5 Å². The van der Waals surface area contributed by atoms with E-state index in [4.69, 9.17) is 14.2 Å². The Morgan fingerprint density at radius 1 is 0.900 bits per heavy atom. The van der Waals surface area contributed by atoms with Crippen LogP contribution < -0.4 is 24.8 Å². The SMILES string of the molecule is COc1ccc(C(=O)NCc2nnc(SCC(=O)Nc3ccc(OC)cc3OC)n2-c2cccc(C)c2C)cc1. The molecular weight excluding hydrogens is 530 g/mol. The van der Waals surface area contributed by atoms with Crippen LogP contribution in [-0.2, 0) is 11.3 Å². The number of anilines is 1. The first kappa shape index (κ1) is 28.5. The lowest BCUT2D eigenvalue weighted by atomic mass is 10.1. The molecule has 0 fully saturated rings. The number of thioether (sulfide) groups is 1. The Bertz CT molecular complexity index is 1500. The Hall–Kier alpha value is -4.51. The van der Waals surface area contributed by atoms with Gasteiger partial charge in [0, 0.05) is 11.6 Å². The number of hydrogen-bond acceptors (Lipinski definition) is 8. The molecule has 10 nitrogen and oxygen atoms in total. The van der Waals surface area contributed by atoms with Gasteiger partial charge in [-0.05, 0) is 67.4 Å². The predicted molar refractivity (Wildman–Crippen MR) is 154 cm³/mol. The molecule has 0 unspecified atom stereocenters. The minimum absolute atomic E-state index is 0.0797. The lowest BCUT2D eigenvalue weighted by Crippen LogP contribution is -2.24. The van der Waals surface area contributed by atoms with Crippen LogP contribution in [0.3, 0.4) is 0 Å². The van der Waals surface area contributed by atoms with Gasteiger partial charge in [0.05, 0.1) is 45.0 Å². The van der Waals surface area contributed by atoms with Gasteiger partial charge in [-0.25, -0.2) is 0 Å². The van der Waals surface area contributed by atoms with E-state index in [1.165, 1.54) is 18.9 Å². The van der Waals surface area contributed by atoms with Crippen molar-refractivity contribution in [2.24, 2.45) is 0 Å². The molecule has 0 saturated heterocycles. The van der Waals surface area contributed by atoms with E-state index in [9.17, 15) is 9.59 Å². The van der Waals surface area contributed by atoms with E-state index >= 15 is 0 Å². The smallest absolute Gasteiger partial charge is 0.251 e. The van der Waals surface area contributed by atoms with E-state index in [1.807, 2.05) is 36.6 Å². The van der Waals surface area contributed by atoms with Crippen LogP contribution in [0.2, 0.25) is 0 Å². The van der Waals surface area contributed by atoms with Gasteiger partial charge in [0.25, 0.3) is 5.91 Å². The summed E-state index contributed by atoms with van der Waals surface area (Å²) < 4.78 is 17.6. The molecule has 4 rings (SSSR count). The minimum Gasteiger partial charge on any atom is -0.497 e. The number of carbonyl (C=O) groups excluding carboxylic acids is 2. The maximum Gasteiger partial charge on any atom is 0.251 e. The number of benzene rings is 3. The molecule has 11 heteroatoms. The Kier molecular flexibility index (Phi) is 9.28. The zero-order valence-electron chi connectivity index (χ0n) is 23.0. The quantitative estimate of drug-likeness (QED) is 0.256. The number of nitrogens with one attached hydrogen (secondary N) is 2. The fraction of sp³-hybridized carbons (Fsp3) is 0.241. The van der Waals surface area contributed by atoms with Gasteiger partial charge in [-0.1, -0.05) is 23.9 Å². The fourth-order valence-electron chi connectivity index (χ4n) is 3.95. The highest BCUT2D eigenvalue weighted by molar-refractivity contribution is 7.99. The molecular formula is C29H31N5O5S. The van der Waals surface area contributed by atoms with Crippen LogP contribution >= 0.6 is 11.8 Å². The van der Waals surface area contributed by atoms with Gasteiger partial charge >= 0.3 is 0 Å². The van der Waals surface area contributed by atoms with Gasteiger partial charge in [0.1, 0.15) is 17.2 Å². The first-order valence-corrected chi connectivity index (χ1v) is 13.4. The highest BCUT2D eigenvalue weighted by Gasteiger charge is 2.19. The summed E-state index contributed by atoms with van der Waals surface area (Å²) in [4.78, 5) is 25.6. The number of methoxy groups -OCH3 is 3. The zero-order chi connectivity index (χ0) is 28.6. The first-order valence-electron chi connectivity index (χ1n) is 12.4. The molecule has 0 atom stereocenters. The molecule has 0 aliphatic rings. The second-order valence-corrected chi connectivity index (χ2v) is 9.71. The Morgan fingerprint density at radius 3 is 2.33 bits per heavy atom. The molecule has 1 heterocycles. The second kappa shape index (κ2) is 13.0. The Balaban J connectivity index is 1.53. The van der Waals surface area contributed by atoms with Crippen molar-refractivity contribution in [3.8, 4) is 22.9 Å². The zero-order valence-corrected chi connectivity index (χ0v) is 23.8. The largest absolute Gasteiger partial charge is 0.497 e. The van der Waals surface area contributed by atoms with E-state index in [-0.39, 0.29) is 24.1 Å². The molecule has 0 saturated carbocycles. The van der Waals surface area contributed by atoms with E-state index in [0.717, 1.165) is 16.8 Å². The van der Waals surface area contributed by atoms with Gasteiger partial charge < -0.3 is 24.8 Å². The standard InChI is InChI=1S/C29H31N5O5S/c1-18-7-6-8-24(19(18)2)34-26(16-30-28(36)20-9-11-21(37-3)12-10-20)32-33-29(34)40-17-27(35)31-23-14-13-22(38-4)15-25(23)39-5/h6-15H,16-17H2,1-5H3,(H,30,36)(H,31,35). The second-order valence-electron chi connectivity index (χ2n) is 8.77. The number of hydrogen-bond donors (Lipinski definition) is 2. The maximum atomic E-state index is 12.9. The molecule has 0 bridgehead atoms. The van der Waals surface area contributed by atoms with Crippen LogP contribution in [0.1, 0.15) is 27.3 Å². The van der Waals surface area contributed by atoms with Crippen LogP contribution in [0.15, 0.2) is 65.8 Å². The van der Waals surface area contributed by atoms with E-state index in [0.29, 0.717) is 39.5 Å². The van der Waals surface area contributed by atoms with Crippen molar-refractivity contribution in [1.29, 1.82) is 0 Å². The summed E-state index contributed by atoms with van der Waals surface area (Å²) in [6.07, 6.45) is 0. The van der Waals surface area contributed by atoms with Crippen LogP contribution in [0.5, 0.6) is 17.2 Å². The molecule has 0 aliphatic heterocycles. The van der Waals surface area contributed by atoms with Crippen molar-refractivity contribution in [2.75, 3.05) is 32.4 Å². The average molecular weight is 562 g/mol. The van der Waals surface area contributed by atoms with Crippen molar-refractivity contribution in [3.05, 3.63) is 83.2 Å². The van der Waals surface area contributed by atoms with Gasteiger partial charge in [0.15, 0.2) is 11.0 Å². The molecule has 40 heavy (non-hydrogen) atoms. The first-order chi connectivity index (χ1) is 19.3. The van der Waals surface area contributed by atoms with Crippen molar-refractivity contribution < 1.29 is 23.8 Å². The summed E-state index contributed by atoms with van der Waals surface area (Å²) in [6, 6.07) is 18.0. The lowest BCUT2D eigenvalue weighted by Gasteiger charge is -2.15. The third-order valence-corrected chi connectivity index (χ3v) is 7.22. The van der Waals surface area contributed by atoms with E-state index < -0.39 is 0 Å². The summed E-state index contributed by atoms with van der Waals surface area (Å²) in [5.74, 6) is 1.91. The maximum absolute atomic E-state index is 12.9. The summed E-state index contributed by atoms with van der Waals surface area (Å²) >= 11 is 1.25. The Labute approximate surface area is 237 Å². The topological polar surface area (TPSA) is 117 Å².